The van der Waals surface area contributed by atoms with Gasteiger partial charge in [-0.15, -0.1) is 10.2 Å². The van der Waals surface area contributed by atoms with E-state index >= 15 is 0 Å². The van der Waals surface area contributed by atoms with Crippen molar-refractivity contribution in [3.63, 3.8) is 0 Å². The van der Waals surface area contributed by atoms with Crippen molar-refractivity contribution < 1.29 is 9.52 Å². The monoisotopic (exact) mass is 233 g/mol. The molecule has 2 aromatic heterocycles. The maximum Gasteiger partial charge on any atom is 0.140 e. The summed E-state index contributed by atoms with van der Waals surface area (Å²) in [6.07, 6.45) is 4.40. The van der Waals surface area contributed by atoms with Gasteiger partial charge in [0.15, 0.2) is 0 Å². The summed E-state index contributed by atoms with van der Waals surface area (Å²) >= 11 is 0. The molecule has 1 N–H and O–H groups in total. The van der Waals surface area contributed by atoms with Crippen LogP contribution in [0, 0.1) is 0 Å². The Balaban J connectivity index is 1.89. The number of aliphatic hydroxyl groups is 1. The van der Waals surface area contributed by atoms with Crippen LogP contribution in [-0.2, 0) is 13.0 Å². The Morgan fingerprint density at radius 2 is 2.41 bits per heavy atom. The highest BCUT2D eigenvalue weighted by molar-refractivity contribution is 5.11. The maximum absolute atomic E-state index is 9.30. The molecule has 5 nitrogen and oxygen atoms in total. The molecule has 5 heteroatoms. The van der Waals surface area contributed by atoms with Crippen LogP contribution in [0.3, 0.4) is 0 Å². The zero-order chi connectivity index (χ0) is 11.7. The van der Waals surface area contributed by atoms with Crippen LogP contribution in [0.15, 0.2) is 22.8 Å². The lowest BCUT2D eigenvalue weighted by molar-refractivity contribution is 0.237. The molecule has 3 heterocycles. The summed E-state index contributed by atoms with van der Waals surface area (Å²) in [4.78, 5) is 0. The predicted octanol–water partition coefficient (Wildman–Crippen LogP) is 1.33. The first kappa shape index (κ1) is 10.5. The Bertz CT molecular complexity index is 490. The van der Waals surface area contributed by atoms with Gasteiger partial charge in [-0.3, -0.25) is 0 Å². The minimum absolute atomic E-state index is 0.140. The summed E-state index contributed by atoms with van der Waals surface area (Å²) < 4.78 is 7.44. The second kappa shape index (κ2) is 4.33. The van der Waals surface area contributed by atoms with Crippen LogP contribution < -0.4 is 0 Å². The molecule has 0 amide bonds. The third kappa shape index (κ3) is 1.86. The van der Waals surface area contributed by atoms with E-state index in [1.165, 1.54) is 0 Å². The van der Waals surface area contributed by atoms with Gasteiger partial charge in [0.2, 0.25) is 0 Å². The SMILES string of the molecule is OCC1CCCn2c(Cc3ccco3)nnc21. The molecule has 0 saturated carbocycles. The first-order valence-electron chi connectivity index (χ1n) is 5.93. The summed E-state index contributed by atoms with van der Waals surface area (Å²) in [5.41, 5.74) is 0. The van der Waals surface area contributed by atoms with E-state index < -0.39 is 0 Å². The molecule has 1 aliphatic heterocycles. The van der Waals surface area contributed by atoms with Crippen molar-refractivity contribution in [2.45, 2.75) is 31.7 Å². The number of nitrogens with zero attached hydrogens (tertiary/aromatic N) is 3. The Labute approximate surface area is 99.1 Å². The molecule has 2 aromatic rings. The van der Waals surface area contributed by atoms with Gasteiger partial charge in [0.05, 0.1) is 19.3 Å². The van der Waals surface area contributed by atoms with E-state index in [0.29, 0.717) is 6.42 Å². The van der Waals surface area contributed by atoms with Crippen molar-refractivity contribution in [1.82, 2.24) is 14.8 Å². The normalized spacial score (nSPS) is 19.2. The molecule has 0 spiro atoms. The zero-order valence-corrected chi connectivity index (χ0v) is 9.54. The molecule has 0 radical (unpaired) electrons. The molecule has 3 rings (SSSR count). The molecule has 1 unspecified atom stereocenters. The van der Waals surface area contributed by atoms with Crippen LogP contribution in [-0.4, -0.2) is 26.5 Å². The third-order valence-electron chi connectivity index (χ3n) is 3.29. The fourth-order valence-corrected chi connectivity index (χ4v) is 2.39. The van der Waals surface area contributed by atoms with Crippen LogP contribution in [0.4, 0.5) is 0 Å². The van der Waals surface area contributed by atoms with Crippen LogP contribution in [0.25, 0.3) is 0 Å². The van der Waals surface area contributed by atoms with Crippen LogP contribution in [0.5, 0.6) is 0 Å². The topological polar surface area (TPSA) is 64.1 Å². The molecular formula is C12H15N3O2. The summed E-state index contributed by atoms with van der Waals surface area (Å²) in [6, 6.07) is 3.81. The van der Waals surface area contributed by atoms with Gasteiger partial charge >= 0.3 is 0 Å². The van der Waals surface area contributed by atoms with E-state index in [-0.39, 0.29) is 12.5 Å². The van der Waals surface area contributed by atoms with Gasteiger partial charge in [-0.1, -0.05) is 0 Å². The minimum Gasteiger partial charge on any atom is -0.469 e. The van der Waals surface area contributed by atoms with E-state index in [1.54, 1.807) is 6.26 Å². The lowest BCUT2D eigenvalue weighted by Gasteiger charge is -2.21. The van der Waals surface area contributed by atoms with E-state index in [9.17, 15) is 5.11 Å². The Kier molecular flexibility index (Phi) is 2.68. The summed E-state index contributed by atoms with van der Waals surface area (Å²) in [7, 11) is 0. The third-order valence-corrected chi connectivity index (χ3v) is 3.29. The molecule has 17 heavy (non-hydrogen) atoms. The number of hydrogen-bond donors (Lipinski definition) is 1. The van der Waals surface area contributed by atoms with E-state index in [1.807, 2.05) is 12.1 Å². The smallest absolute Gasteiger partial charge is 0.140 e. The number of aromatic nitrogens is 3. The highest BCUT2D eigenvalue weighted by Gasteiger charge is 2.24. The molecule has 1 atom stereocenters. The number of aliphatic hydroxyl groups excluding tert-OH is 1. The molecule has 90 valence electrons. The molecule has 1 aliphatic rings. The van der Waals surface area contributed by atoms with Gasteiger partial charge in [-0.2, -0.15) is 0 Å². The van der Waals surface area contributed by atoms with Crippen LogP contribution >= 0.6 is 0 Å². The van der Waals surface area contributed by atoms with Crippen molar-refractivity contribution in [3.05, 3.63) is 35.8 Å². The first-order valence-corrected chi connectivity index (χ1v) is 5.93. The van der Waals surface area contributed by atoms with Crippen molar-refractivity contribution >= 4 is 0 Å². The molecule has 0 saturated heterocycles. The van der Waals surface area contributed by atoms with E-state index in [2.05, 4.69) is 14.8 Å². The summed E-state index contributed by atoms with van der Waals surface area (Å²) in [5, 5.41) is 17.7. The standard InChI is InChI=1S/C12H15N3O2/c16-8-9-3-1-5-15-11(13-14-12(9)15)7-10-4-2-6-17-10/h2,4,6,9,16H,1,3,5,7-8H2. The molecule has 0 aliphatic carbocycles. The number of furan rings is 1. The van der Waals surface area contributed by atoms with Crippen LogP contribution in [0.2, 0.25) is 0 Å². The van der Waals surface area contributed by atoms with Crippen LogP contribution in [0.1, 0.15) is 36.2 Å². The predicted molar refractivity (Wildman–Crippen MR) is 60.6 cm³/mol. The van der Waals surface area contributed by atoms with Crippen molar-refractivity contribution in [2.75, 3.05) is 6.61 Å². The Morgan fingerprint density at radius 3 is 3.18 bits per heavy atom. The lowest BCUT2D eigenvalue weighted by atomic mass is 10.00. The largest absolute Gasteiger partial charge is 0.469 e. The highest BCUT2D eigenvalue weighted by Crippen LogP contribution is 2.26. The van der Waals surface area contributed by atoms with Gasteiger partial charge in [-0.25, -0.2) is 0 Å². The highest BCUT2D eigenvalue weighted by atomic mass is 16.3. The van der Waals surface area contributed by atoms with Gasteiger partial charge in [-0.05, 0) is 25.0 Å². The number of fused-ring (bicyclic) bond motifs is 1. The average Bonchev–Trinajstić information content (AvgIpc) is 2.99. The maximum atomic E-state index is 9.30. The minimum atomic E-state index is 0.140. The average molecular weight is 233 g/mol. The Hall–Kier alpha value is -1.62. The van der Waals surface area contributed by atoms with Gasteiger partial charge in [0, 0.05) is 12.5 Å². The Morgan fingerprint density at radius 1 is 1.47 bits per heavy atom. The zero-order valence-electron chi connectivity index (χ0n) is 9.54. The molecule has 0 aromatic carbocycles. The number of hydrogen-bond acceptors (Lipinski definition) is 4. The summed E-state index contributed by atoms with van der Waals surface area (Å²) in [5.74, 6) is 2.88. The van der Waals surface area contributed by atoms with Crippen molar-refractivity contribution in [3.8, 4) is 0 Å². The fraction of sp³-hybridized carbons (Fsp3) is 0.500. The number of rotatable bonds is 3. The molecule has 0 bridgehead atoms. The van der Waals surface area contributed by atoms with Crippen molar-refractivity contribution in [1.29, 1.82) is 0 Å². The van der Waals surface area contributed by atoms with Gasteiger partial charge in [0.25, 0.3) is 0 Å². The molecular weight excluding hydrogens is 218 g/mol. The fourth-order valence-electron chi connectivity index (χ4n) is 2.39. The van der Waals surface area contributed by atoms with E-state index in [4.69, 9.17) is 4.42 Å². The van der Waals surface area contributed by atoms with Gasteiger partial charge in [0.1, 0.15) is 17.4 Å². The van der Waals surface area contributed by atoms with Gasteiger partial charge < -0.3 is 14.1 Å². The van der Waals surface area contributed by atoms with Crippen molar-refractivity contribution in [2.24, 2.45) is 0 Å². The quantitative estimate of drug-likeness (QED) is 0.868. The second-order valence-corrected chi connectivity index (χ2v) is 4.40. The molecule has 0 fully saturated rings. The first-order chi connectivity index (χ1) is 8.38. The second-order valence-electron chi connectivity index (χ2n) is 4.40. The lowest BCUT2D eigenvalue weighted by Crippen LogP contribution is -2.20. The van der Waals surface area contributed by atoms with E-state index in [0.717, 1.165) is 36.8 Å². The summed E-state index contributed by atoms with van der Waals surface area (Å²) in [6.45, 7) is 1.09.